The van der Waals surface area contributed by atoms with E-state index < -0.39 is 0 Å². The number of hydrogen-bond donors (Lipinski definition) is 2. The number of nitrogens with zero attached hydrogens (tertiary/aromatic N) is 2. The Morgan fingerprint density at radius 2 is 2.04 bits per heavy atom. The van der Waals surface area contributed by atoms with Crippen molar-refractivity contribution < 1.29 is 9.90 Å². The molecular formula is C18H19N3O2. The largest absolute Gasteiger partial charge is 0.508 e. The maximum atomic E-state index is 12.0. The van der Waals surface area contributed by atoms with E-state index in [9.17, 15) is 9.90 Å². The number of carbonyl (C=O) groups excluding carboxylic acids is 1. The van der Waals surface area contributed by atoms with Crippen LogP contribution in [0.25, 0.3) is 5.65 Å². The van der Waals surface area contributed by atoms with Crippen molar-refractivity contribution in [2.24, 2.45) is 0 Å². The van der Waals surface area contributed by atoms with Gasteiger partial charge in [0, 0.05) is 18.3 Å². The Hall–Kier alpha value is -2.82. The predicted molar refractivity (Wildman–Crippen MR) is 88.2 cm³/mol. The lowest BCUT2D eigenvalue weighted by atomic mass is 10.1. The molecule has 23 heavy (non-hydrogen) atoms. The molecule has 2 aromatic heterocycles. The summed E-state index contributed by atoms with van der Waals surface area (Å²) in [5, 5.41) is 12.6. The van der Waals surface area contributed by atoms with Crippen LogP contribution >= 0.6 is 0 Å². The van der Waals surface area contributed by atoms with Crippen LogP contribution in [-0.4, -0.2) is 20.4 Å². The number of fused-ring (bicyclic) bond motifs is 1. The van der Waals surface area contributed by atoms with E-state index in [2.05, 4.69) is 10.3 Å². The van der Waals surface area contributed by atoms with E-state index in [4.69, 9.17) is 0 Å². The quantitative estimate of drug-likeness (QED) is 0.761. The van der Waals surface area contributed by atoms with Crippen molar-refractivity contribution in [3.63, 3.8) is 0 Å². The first-order chi connectivity index (χ1) is 11.1. The molecule has 118 valence electrons. The first-order valence-electron chi connectivity index (χ1n) is 7.60. The Morgan fingerprint density at radius 1 is 1.22 bits per heavy atom. The van der Waals surface area contributed by atoms with E-state index in [1.165, 1.54) is 0 Å². The zero-order valence-corrected chi connectivity index (χ0v) is 13.0. The smallest absolute Gasteiger partial charge is 0.220 e. The van der Waals surface area contributed by atoms with Crippen LogP contribution in [-0.2, 0) is 17.8 Å². The predicted octanol–water partition coefficient (Wildman–Crippen LogP) is 2.60. The van der Waals surface area contributed by atoms with Gasteiger partial charge in [0.25, 0.3) is 0 Å². The summed E-state index contributed by atoms with van der Waals surface area (Å²) in [5.41, 5.74) is 3.59. The Bertz CT molecular complexity index is 839. The zero-order valence-electron chi connectivity index (χ0n) is 13.0. The highest BCUT2D eigenvalue weighted by molar-refractivity contribution is 5.76. The molecule has 0 radical (unpaired) electrons. The molecule has 0 aliphatic carbocycles. The molecule has 0 aliphatic rings. The molecule has 0 saturated carbocycles. The number of imidazole rings is 1. The molecule has 5 heteroatoms. The fourth-order valence-corrected chi connectivity index (χ4v) is 2.53. The summed E-state index contributed by atoms with van der Waals surface area (Å²) in [5.74, 6) is 0.179. The summed E-state index contributed by atoms with van der Waals surface area (Å²) < 4.78 is 2.00. The fraction of sp³-hybridized carbons (Fsp3) is 0.222. The van der Waals surface area contributed by atoms with E-state index in [1.807, 2.05) is 47.9 Å². The molecule has 5 nitrogen and oxygen atoms in total. The van der Waals surface area contributed by atoms with Gasteiger partial charge in [-0.3, -0.25) is 4.79 Å². The molecule has 0 spiro atoms. The average molecular weight is 309 g/mol. The van der Waals surface area contributed by atoms with Crippen molar-refractivity contribution in [1.29, 1.82) is 0 Å². The second kappa shape index (κ2) is 6.52. The number of rotatable bonds is 5. The number of aromatic nitrogens is 2. The van der Waals surface area contributed by atoms with E-state index >= 15 is 0 Å². The molecule has 3 rings (SSSR count). The van der Waals surface area contributed by atoms with Crippen molar-refractivity contribution in [2.75, 3.05) is 0 Å². The van der Waals surface area contributed by atoms with Crippen molar-refractivity contribution >= 4 is 11.6 Å². The number of aromatic hydroxyl groups is 1. The van der Waals surface area contributed by atoms with Gasteiger partial charge in [-0.2, -0.15) is 0 Å². The van der Waals surface area contributed by atoms with Crippen molar-refractivity contribution in [1.82, 2.24) is 14.7 Å². The Balaban J connectivity index is 1.56. The molecule has 3 aromatic rings. The zero-order chi connectivity index (χ0) is 16.2. The van der Waals surface area contributed by atoms with Gasteiger partial charge in [0.1, 0.15) is 11.4 Å². The molecule has 0 bridgehead atoms. The summed E-state index contributed by atoms with van der Waals surface area (Å²) in [6, 6.07) is 13.0. The molecule has 1 amide bonds. The van der Waals surface area contributed by atoms with Crippen LogP contribution in [0.15, 0.2) is 48.7 Å². The SMILES string of the molecule is Cc1cccc2nc(CNC(=O)CCc3ccccc3O)cn12. The summed E-state index contributed by atoms with van der Waals surface area (Å²) >= 11 is 0. The second-order valence-electron chi connectivity index (χ2n) is 5.53. The van der Waals surface area contributed by atoms with Crippen LogP contribution in [0.2, 0.25) is 0 Å². The van der Waals surface area contributed by atoms with E-state index in [1.54, 1.807) is 12.1 Å². The molecule has 2 N–H and O–H groups in total. The normalized spacial score (nSPS) is 10.8. The minimum Gasteiger partial charge on any atom is -0.508 e. The lowest BCUT2D eigenvalue weighted by molar-refractivity contribution is -0.121. The molecule has 0 saturated heterocycles. The Morgan fingerprint density at radius 3 is 2.83 bits per heavy atom. The van der Waals surface area contributed by atoms with Gasteiger partial charge >= 0.3 is 0 Å². The average Bonchev–Trinajstić information content (AvgIpc) is 2.97. The van der Waals surface area contributed by atoms with Crippen LogP contribution in [0.5, 0.6) is 5.75 Å². The number of nitrogens with one attached hydrogen (secondary N) is 1. The maximum absolute atomic E-state index is 12.0. The highest BCUT2D eigenvalue weighted by Gasteiger charge is 2.07. The van der Waals surface area contributed by atoms with E-state index in [0.29, 0.717) is 19.4 Å². The van der Waals surface area contributed by atoms with Gasteiger partial charge in [0.05, 0.1) is 12.2 Å². The highest BCUT2D eigenvalue weighted by atomic mass is 16.3. The third kappa shape index (κ3) is 3.51. The Labute approximate surface area is 134 Å². The summed E-state index contributed by atoms with van der Waals surface area (Å²) in [6.07, 6.45) is 2.79. The van der Waals surface area contributed by atoms with Crippen molar-refractivity contribution in [3.8, 4) is 5.75 Å². The Kier molecular flexibility index (Phi) is 4.28. The van der Waals surface area contributed by atoms with Crippen LogP contribution in [0.1, 0.15) is 23.4 Å². The third-order valence-corrected chi connectivity index (χ3v) is 3.83. The van der Waals surface area contributed by atoms with Gasteiger partial charge in [-0.1, -0.05) is 24.3 Å². The standard InChI is InChI=1S/C18H19N3O2/c1-13-5-4-8-17-20-15(12-21(13)17)11-19-18(23)10-9-14-6-2-3-7-16(14)22/h2-8,12,22H,9-11H2,1H3,(H,19,23). The summed E-state index contributed by atoms with van der Waals surface area (Å²) in [6.45, 7) is 2.42. The van der Waals surface area contributed by atoms with Crippen LogP contribution < -0.4 is 5.32 Å². The molecule has 1 aromatic carbocycles. The number of phenolic OH excluding ortho intramolecular Hbond substituents is 1. The van der Waals surface area contributed by atoms with Gasteiger partial charge in [-0.15, -0.1) is 0 Å². The number of amides is 1. The second-order valence-corrected chi connectivity index (χ2v) is 5.53. The van der Waals surface area contributed by atoms with E-state index in [0.717, 1.165) is 22.6 Å². The molecule has 0 atom stereocenters. The number of hydrogen-bond acceptors (Lipinski definition) is 3. The lowest BCUT2D eigenvalue weighted by Crippen LogP contribution is -2.23. The van der Waals surface area contributed by atoms with Crippen molar-refractivity contribution in [2.45, 2.75) is 26.3 Å². The fourth-order valence-electron chi connectivity index (χ4n) is 2.53. The van der Waals surface area contributed by atoms with Gasteiger partial charge < -0.3 is 14.8 Å². The number of benzene rings is 1. The molecule has 0 aliphatic heterocycles. The number of para-hydroxylation sites is 1. The molecular weight excluding hydrogens is 290 g/mol. The van der Waals surface area contributed by atoms with Crippen LogP contribution in [0.4, 0.5) is 0 Å². The number of phenols is 1. The van der Waals surface area contributed by atoms with Gasteiger partial charge in [-0.25, -0.2) is 4.98 Å². The van der Waals surface area contributed by atoms with Gasteiger partial charge in [0.15, 0.2) is 0 Å². The first kappa shape index (κ1) is 15.1. The third-order valence-electron chi connectivity index (χ3n) is 3.83. The summed E-state index contributed by atoms with van der Waals surface area (Å²) in [7, 11) is 0. The molecule has 0 fully saturated rings. The topological polar surface area (TPSA) is 66.6 Å². The lowest BCUT2D eigenvalue weighted by Gasteiger charge is -2.05. The van der Waals surface area contributed by atoms with Crippen LogP contribution in [0, 0.1) is 6.92 Å². The first-order valence-corrected chi connectivity index (χ1v) is 7.60. The number of aryl methyl sites for hydroxylation is 2. The summed E-state index contributed by atoms with van der Waals surface area (Å²) in [4.78, 5) is 16.4. The molecule has 0 unspecified atom stereocenters. The van der Waals surface area contributed by atoms with Crippen LogP contribution in [0.3, 0.4) is 0 Å². The highest BCUT2D eigenvalue weighted by Crippen LogP contribution is 2.17. The van der Waals surface area contributed by atoms with Gasteiger partial charge in [0.2, 0.25) is 5.91 Å². The molecule has 2 heterocycles. The van der Waals surface area contributed by atoms with Gasteiger partial charge in [-0.05, 0) is 37.1 Å². The van der Waals surface area contributed by atoms with Crippen molar-refractivity contribution in [3.05, 3.63) is 65.6 Å². The maximum Gasteiger partial charge on any atom is 0.220 e. The number of pyridine rings is 1. The minimum absolute atomic E-state index is 0.0537. The minimum atomic E-state index is -0.0537. The monoisotopic (exact) mass is 309 g/mol. The van der Waals surface area contributed by atoms with E-state index in [-0.39, 0.29) is 11.7 Å². The number of carbonyl (C=O) groups is 1.